The Hall–Kier alpha value is -4.32. The predicted molar refractivity (Wildman–Crippen MR) is 249 cm³/mol. The van der Waals surface area contributed by atoms with Crippen LogP contribution in [0.1, 0.15) is 130 Å². The molecule has 4 aromatic rings. The van der Waals surface area contributed by atoms with Crippen LogP contribution in [0, 0.1) is 22.7 Å². The number of phenols is 1. The Morgan fingerprint density at radius 3 is 1.52 bits per heavy atom. The molecule has 8 rings (SSSR count). The smallest absolute Gasteiger partial charge is 0.309 e. The number of aliphatic hydroxyl groups is 1. The Kier molecular flexibility index (Phi) is 17.2. The quantitative estimate of drug-likeness (QED) is 0.148. The number of pyridine rings is 2. The first-order chi connectivity index (χ1) is 30.2. The van der Waals surface area contributed by atoms with Crippen LogP contribution in [-0.4, -0.2) is 93.5 Å². The van der Waals surface area contributed by atoms with Crippen molar-refractivity contribution in [2.24, 2.45) is 22.7 Å². The molecule has 2 N–H and O–H groups in total. The Bertz CT molecular complexity index is 2070. The zero-order valence-electron chi connectivity index (χ0n) is 38.9. The van der Waals surface area contributed by atoms with Crippen LogP contribution < -0.4 is 4.74 Å². The van der Waals surface area contributed by atoms with Gasteiger partial charge < -0.3 is 24.4 Å². The summed E-state index contributed by atoms with van der Waals surface area (Å²) in [5.74, 6) is 1.20. The van der Waals surface area contributed by atoms with Crippen LogP contribution in [0.2, 0.25) is 0 Å². The van der Waals surface area contributed by atoms with Crippen molar-refractivity contribution in [2.75, 3.05) is 39.4 Å². The second-order valence-electron chi connectivity index (χ2n) is 19.8. The van der Waals surface area contributed by atoms with E-state index in [2.05, 4.69) is 72.8 Å². The minimum atomic E-state index is -0.0595. The first-order valence-electron chi connectivity index (χ1n) is 23.8. The monoisotopic (exact) mass is 867 g/mol. The lowest BCUT2D eigenvalue weighted by Gasteiger charge is -2.34. The van der Waals surface area contributed by atoms with Crippen LogP contribution in [-0.2, 0) is 32.2 Å². The van der Waals surface area contributed by atoms with E-state index in [1.807, 2.05) is 32.0 Å². The summed E-state index contributed by atoms with van der Waals surface area (Å²) in [6.45, 7) is 19.1. The number of nitrogens with zero attached hydrogens (tertiary/aromatic N) is 4. The highest BCUT2D eigenvalue weighted by Gasteiger charge is 2.29. The lowest BCUT2D eigenvalue weighted by atomic mass is 9.76. The molecular weight excluding hydrogens is 793 g/mol. The zero-order chi connectivity index (χ0) is 45.0. The Morgan fingerprint density at radius 2 is 1.06 bits per heavy atom. The Labute approximate surface area is 375 Å². The van der Waals surface area contributed by atoms with Crippen molar-refractivity contribution in [3.63, 3.8) is 0 Å². The summed E-state index contributed by atoms with van der Waals surface area (Å²) in [5, 5.41) is 20.7. The van der Waals surface area contributed by atoms with Gasteiger partial charge in [-0.15, -0.1) is 0 Å². The number of benzene rings is 2. The lowest BCUT2D eigenvalue weighted by molar-refractivity contribution is -0.150. The molecule has 0 unspecified atom stereocenters. The number of likely N-dealkylation sites (tertiary alicyclic amines) is 2. The fourth-order valence-electron chi connectivity index (χ4n) is 9.25. The molecule has 344 valence electrons. The number of carbonyl (C=O) groups is 2. The maximum Gasteiger partial charge on any atom is 0.309 e. The van der Waals surface area contributed by atoms with Crippen LogP contribution in [0.15, 0.2) is 60.7 Å². The summed E-state index contributed by atoms with van der Waals surface area (Å²) >= 11 is 0. The van der Waals surface area contributed by atoms with Crippen molar-refractivity contribution in [2.45, 2.75) is 144 Å². The van der Waals surface area contributed by atoms with Crippen LogP contribution in [0.4, 0.5) is 0 Å². The molecule has 0 atom stereocenters. The van der Waals surface area contributed by atoms with Crippen molar-refractivity contribution in [1.82, 2.24) is 19.8 Å². The standard InChI is InChI=1S/C26H36N2O3.C18H22N2O3.C8H16O/c1-4-30-25(29)19-11-15-28(16-12-19)18-21-6-5-20-17-23(7-8-24(20)27-21)31-22-9-13-26(2,3)14-10-22;1-2-23-18(22)13-7-9-20(10-8-13)12-15-4-3-14-11-16(21)5-6-17(14)19-15;1-8(2)5-3-7(9)4-6-8/h5-8,17,19,22H,4,9-16,18H2,1-3H3;3-6,11,13,21H,2,7-10,12H2,1H3;7,9H,3-6H2,1-2H3. The van der Waals surface area contributed by atoms with Gasteiger partial charge in [-0.05, 0) is 176 Å². The van der Waals surface area contributed by atoms with Gasteiger partial charge in [-0.25, -0.2) is 0 Å². The number of esters is 2. The Balaban J connectivity index is 0.000000180. The van der Waals surface area contributed by atoms with Gasteiger partial charge in [0.05, 0.1) is 59.7 Å². The normalized spacial score (nSPS) is 20.2. The summed E-state index contributed by atoms with van der Waals surface area (Å²) in [7, 11) is 0. The average molecular weight is 867 g/mol. The SMILES string of the molecule is CC1(C)CCC(O)CC1.CCOC(=O)C1CCN(Cc2ccc3cc(O)ccc3n2)CC1.CCOC(=O)C1CCN(Cc2ccc3cc(OC4CCC(C)(C)CC4)ccc3n2)CC1. The first kappa shape index (κ1) is 48.1. The van der Waals surface area contributed by atoms with Gasteiger partial charge in [0.2, 0.25) is 0 Å². The molecule has 2 aliphatic carbocycles. The molecule has 4 heterocycles. The highest BCUT2D eigenvalue weighted by atomic mass is 16.5. The molecule has 63 heavy (non-hydrogen) atoms. The zero-order valence-corrected chi connectivity index (χ0v) is 38.9. The second-order valence-corrected chi connectivity index (χ2v) is 19.8. The van der Waals surface area contributed by atoms with E-state index >= 15 is 0 Å². The number of hydrogen-bond donors (Lipinski definition) is 2. The molecule has 2 saturated carbocycles. The van der Waals surface area contributed by atoms with E-state index in [1.165, 1.54) is 25.7 Å². The molecule has 0 bridgehead atoms. The van der Waals surface area contributed by atoms with Gasteiger partial charge in [-0.3, -0.25) is 29.4 Å². The number of rotatable bonds is 10. The maximum atomic E-state index is 11.9. The third-order valence-electron chi connectivity index (χ3n) is 13.5. The molecule has 4 fully saturated rings. The molecule has 11 nitrogen and oxygen atoms in total. The number of fused-ring (bicyclic) bond motifs is 2. The number of aromatic nitrogens is 2. The van der Waals surface area contributed by atoms with Crippen molar-refractivity contribution < 1.29 is 34.0 Å². The van der Waals surface area contributed by atoms with E-state index in [1.54, 1.807) is 12.1 Å². The number of aliphatic hydroxyl groups excluding tert-OH is 1. The van der Waals surface area contributed by atoms with E-state index < -0.39 is 0 Å². The number of aromatic hydroxyl groups is 1. The third kappa shape index (κ3) is 14.9. The molecule has 11 heteroatoms. The molecule has 2 aromatic heterocycles. The van der Waals surface area contributed by atoms with E-state index in [4.69, 9.17) is 24.3 Å². The summed E-state index contributed by atoms with van der Waals surface area (Å²) in [5.41, 5.74) is 4.94. The van der Waals surface area contributed by atoms with E-state index in [-0.39, 0.29) is 35.6 Å². The van der Waals surface area contributed by atoms with Crippen molar-refractivity contribution >= 4 is 33.7 Å². The fourth-order valence-corrected chi connectivity index (χ4v) is 9.25. The van der Waals surface area contributed by atoms with Crippen LogP contribution in [0.5, 0.6) is 11.5 Å². The maximum absolute atomic E-state index is 11.9. The fraction of sp³-hybridized carbons (Fsp3) is 0.615. The minimum absolute atomic E-state index is 0.00183. The number of piperidine rings is 2. The second kappa shape index (κ2) is 22.5. The summed E-state index contributed by atoms with van der Waals surface area (Å²) in [4.78, 5) is 37.9. The lowest BCUT2D eigenvalue weighted by Crippen LogP contribution is -2.36. The molecule has 0 radical (unpaired) electrons. The predicted octanol–water partition coefficient (Wildman–Crippen LogP) is 10.0. The van der Waals surface area contributed by atoms with Gasteiger partial charge in [0.25, 0.3) is 0 Å². The highest BCUT2D eigenvalue weighted by molar-refractivity contribution is 5.81. The van der Waals surface area contributed by atoms with Gasteiger partial charge in [0.15, 0.2) is 0 Å². The van der Waals surface area contributed by atoms with Gasteiger partial charge >= 0.3 is 11.9 Å². The van der Waals surface area contributed by atoms with Gasteiger partial charge in [-0.2, -0.15) is 0 Å². The largest absolute Gasteiger partial charge is 0.508 e. The topological polar surface area (TPSA) is 135 Å². The first-order valence-corrected chi connectivity index (χ1v) is 23.8. The van der Waals surface area contributed by atoms with Crippen molar-refractivity contribution in [1.29, 1.82) is 0 Å². The van der Waals surface area contributed by atoms with Gasteiger partial charge in [0.1, 0.15) is 11.5 Å². The average Bonchev–Trinajstić information content (AvgIpc) is 3.27. The molecule has 2 aromatic carbocycles. The van der Waals surface area contributed by atoms with Crippen molar-refractivity contribution in [3.8, 4) is 11.5 Å². The summed E-state index contributed by atoms with van der Waals surface area (Å²) in [6, 6.07) is 19.7. The van der Waals surface area contributed by atoms with Crippen molar-refractivity contribution in [3.05, 3.63) is 72.1 Å². The number of carbonyl (C=O) groups excluding carboxylic acids is 2. The molecule has 0 spiro atoms. The number of phenolic OH excluding ortho intramolecular Hbond substituents is 1. The molecule has 0 amide bonds. The van der Waals surface area contributed by atoms with E-state index in [0.29, 0.717) is 30.1 Å². The van der Waals surface area contributed by atoms with E-state index in [9.17, 15) is 14.7 Å². The Morgan fingerprint density at radius 1 is 0.619 bits per heavy atom. The van der Waals surface area contributed by atoms with Crippen LogP contribution in [0.3, 0.4) is 0 Å². The number of hydrogen-bond acceptors (Lipinski definition) is 11. The molecule has 2 aliphatic heterocycles. The molecular formula is C52H74N4O7. The third-order valence-corrected chi connectivity index (χ3v) is 13.5. The van der Waals surface area contributed by atoms with Crippen LogP contribution in [0.25, 0.3) is 21.8 Å². The molecule has 4 aliphatic rings. The summed E-state index contributed by atoms with van der Waals surface area (Å²) in [6.07, 6.45) is 12.9. The highest BCUT2D eigenvalue weighted by Crippen LogP contribution is 2.37. The molecule has 2 saturated heterocycles. The number of ether oxygens (including phenoxy) is 3. The van der Waals surface area contributed by atoms with E-state index in [0.717, 1.165) is 130 Å². The summed E-state index contributed by atoms with van der Waals surface area (Å²) < 4.78 is 16.6. The minimum Gasteiger partial charge on any atom is -0.508 e. The van der Waals surface area contributed by atoms with Gasteiger partial charge in [0, 0.05) is 23.9 Å². The van der Waals surface area contributed by atoms with Gasteiger partial charge in [-0.1, -0.05) is 39.8 Å². The van der Waals surface area contributed by atoms with Crippen LogP contribution >= 0.6 is 0 Å².